The van der Waals surface area contributed by atoms with Gasteiger partial charge in [0.1, 0.15) is 5.60 Å². The topological polar surface area (TPSA) is 38.8 Å². The maximum absolute atomic E-state index is 12.2. The molecule has 2 rings (SSSR count). The van der Waals surface area contributed by atoms with Crippen LogP contribution in [0.25, 0.3) is 0 Å². The van der Waals surface area contributed by atoms with Crippen LogP contribution in [0.4, 0.5) is 4.79 Å². The summed E-state index contributed by atoms with van der Waals surface area (Å²) in [5.41, 5.74) is -0.421. The number of piperidine rings is 1. The lowest BCUT2D eigenvalue weighted by atomic mass is 9.96. The van der Waals surface area contributed by atoms with Crippen LogP contribution in [0, 0.1) is 0 Å². The Hall–Kier alpha value is -0.770. The third kappa shape index (κ3) is 3.37. The Morgan fingerprint density at radius 3 is 2.61 bits per heavy atom. The Labute approximate surface area is 110 Å². The molecule has 4 heteroatoms. The number of carbonyl (C=O) groups is 1. The maximum atomic E-state index is 12.2. The minimum absolute atomic E-state index is 0.178. The molecule has 0 aromatic carbocycles. The molecule has 18 heavy (non-hydrogen) atoms. The van der Waals surface area contributed by atoms with Gasteiger partial charge < -0.3 is 14.4 Å². The van der Waals surface area contributed by atoms with Crippen LogP contribution in [-0.4, -0.2) is 41.9 Å². The first-order valence-corrected chi connectivity index (χ1v) is 7.08. The number of ether oxygens (including phenoxy) is 2. The quantitative estimate of drug-likeness (QED) is 0.723. The molecule has 0 aromatic heterocycles. The number of amides is 1. The third-order valence-corrected chi connectivity index (χ3v) is 3.57. The van der Waals surface area contributed by atoms with E-state index < -0.39 is 5.60 Å². The summed E-state index contributed by atoms with van der Waals surface area (Å²) in [6.45, 7) is 7.38. The highest BCUT2D eigenvalue weighted by atomic mass is 16.6. The van der Waals surface area contributed by atoms with Gasteiger partial charge in [0, 0.05) is 13.2 Å². The summed E-state index contributed by atoms with van der Waals surface area (Å²) in [5, 5.41) is 0. The summed E-state index contributed by atoms with van der Waals surface area (Å²) < 4.78 is 11.3. The van der Waals surface area contributed by atoms with Crippen LogP contribution < -0.4 is 0 Å². The van der Waals surface area contributed by atoms with E-state index in [1.165, 1.54) is 6.42 Å². The van der Waals surface area contributed by atoms with Gasteiger partial charge in [0.25, 0.3) is 0 Å². The maximum Gasteiger partial charge on any atom is 0.410 e. The molecule has 1 amide bonds. The Kier molecular flexibility index (Phi) is 4.15. The van der Waals surface area contributed by atoms with Crippen molar-refractivity contribution >= 4 is 6.09 Å². The van der Waals surface area contributed by atoms with Crippen molar-refractivity contribution in [1.29, 1.82) is 0 Å². The summed E-state index contributed by atoms with van der Waals surface area (Å²) in [6, 6.07) is 0.219. The van der Waals surface area contributed by atoms with Gasteiger partial charge >= 0.3 is 6.09 Å². The Bertz CT molecular complexity index is 292. The SMILES string of the molecule is CC(C)(C)OC(=O)N1CCCCC1C1CCCO1. The van der Waals surface area contributed by atoms with E-state index in [-0.39, 0.29) is 18.2 Å². The first-order chi connectivity index (χ1) is 8.47. The van der Waals surface area contributed by atoms with Crippen molar-refractivity contribution in [3.05, 3.63) is 0 Å². The number of hydrogen-bond acceptors (Lipinski definition) is 3. The van der Waals surface area contributed by atoms with Crippen LogP contribution in [-0.2, 0) is 9.47 Å². The summed E-state index contributed by atoms with van der Waals surface area (Å²) in [5.74, 6) is 0. The zero-order valence-corrected chi connectivity index (χ0v) is 11.8. The smallest absolute Gasteiger partial charge is 0.410 e. The number of likely N-dealkylation sites (tertiary alicyclic amines) is 1. The molecule has 2 saturated heterocycles. The normalized spacial score (nSPS) is 29.4. The standard InChI is InChI=1S/C14H25NO3/c1-14(2,3)18-13(16)15-9-5-4-7-11(15)12-8-6-10-17-12/h11-12H,4-10H2,1-3H3. The molecule has 0 radical (unpaired) electrons. The fourth-order valence-electron chi connectivity index (χ4n) is 2.80. The second kappa shape index (κ2) is 5.47. The van der Waals surface area contributed by atoms with E-state index in [1.807, 2.05) is 25.7 Å². The fraction of sp³-hybridized carbons (Fsp3) is 0.929. The van der Waals surface area contributed by atoms with E-state index in [0.717, 1.165) is 38.8 Å². The summed E-state index contributed by atoms with van der Waals surface area (Å²) in [7, 11) is 0. The average molecular weight is 255 g/mol. The van der Waals surface area contributed by atoms with Crippen molar-refractivity contribution in [2.24, 2.45) is 0 Å². The van der Waals surface area contributed by atoms with Crippen LogP contribution in [0.3, 0.4) is 0 Å². The lowest BCUT2D eigenvalue weighted by Gasteiger charge is -2.39. The molecule has 2 aliphatic heterocycles. The molecule has 2 atom stereocenters. The fourth-order valence-corrected chi connectivity index (χ4v) is 2.80. The molecule has 0 bridgehead atoms. The van der Waals surface area contributed by atoms with Gasteiger partial charge in [-0.2, -0.15) is 0 Å². The van der Waals surface area contributed by atoms with Gasteiger partial charge in [-0.05, 0) is 52.9 Å². The average Bonchev–Trinajstić information content (AvgIpc) is 2.80. The van der Waals surface area contributed by atoms with Crippen molar-refractivity contribution in [2.75, 3.05) is 13.2 Å². The van der Waals surface area contributed by atoms with Crippen LogP contribution in [0.1, 0.15) is 52.9 Å². The van der Waals surface area contributed by atoms with Gasteiger partial charge in [-0.15, -0.1) is 0 Å². The highest BCUT2D eigenvalue weighted by molar-refractivity contribution is 5.68. The van der Waals surface area contributed by atoms with Crippen molar-refractivity contribution in [3.8, 4) is 0 Å². The summed E-state index contributed by atoms with van der Waals surface area (Å²) >= 11 is 0. The number of rotatable bonds is 1. The minimum Gasteiger partial charge on any atom is -0.444 e. The third-order valence-electron chi connectivity index (χ3n) is 3.57. The molecule has 104 valence electrons. The zero-order valence-electron chi connectivity index (χ0n) is 11.8. The van der Waals surface area contributed by atoms with Gasteiger partial charge in [-0.25, -0.2) is 4.79 Å². The van der Waals surface area contributed by atoms with Crippen LogP contribution in [0.5, 0.6) is 0 Å². The lowest BCUT2D eigenvalue weighted by Crippen LogP contribution is -2.51. The molecule has 2 unspecified atom stereocenters. The first kappa shape index (κ1) is 13.7. The predicted octanol–water partition coefficient (Wildman–Crippen LogP) is 2.96. The van der Waals surface area contributed by atoms with Crippen LogP contribution in [0.2, 0.25) is 0 Å². The number of nitrogens with zero attached hydrogens (tertiary/aromatic N) is 1. The van der Waals surface area contributed by atoms with E-state index in [2.05, 4.69) is 0 Å². The molecule has 0 aliphatic carbocycles. The van der Waals surface area contributed by atoms with Gasteiger partial charge in [-0.1, -0.05) is 0 Å². The van der Waals surface area contributed by atoms with Gasteiger partial charge in [0.15, 0.2) is 0 Å². The lowest BCUT2D eigenvalue weighted by molar-refractivity contribution is -0.0231. The van der Waals surface area contributed by atoms with Gasteiger partial charge in [0.05, 0.1) is 12.1 Å². The van der Waals surface area contributed by atoms with Gasteiger partial charge in [-0.3, -0.25) is 0 Å². The van der Waals surface area contributed by atoms with Crippen LogP contribution in [0.15, 0.2) is 0 Å². The highest BCUT2D eigenvalue weighted by Gasteiger charge is 2.37. The van der Waals surface area contributed by atoms with Crippen molar-refractivity contribution < 1.29 is 14.3 Å². The number of hydrogen-bond donors (Lipinski definition) is 0. The molecule has 2 fully saturated rings. The van der Waals surface area contributed by atoms with Crippen molar-refractivity contribution in [3.63, 3.8) is 0 Å². The molecule has 0 saturated carbocycles. The minimum atomic E-state index is -0.421. The monoisotopic (exact) mass is 255 g/mol. The molecule has 0 aromatic rings. The molecule has 2 heterocycles. The summed E-state index contributed by atoms with van der Waals surface area (Å²) in [6.07, 6.45) is 5.53. The van der Waals surface area contributed by atoms with Crippen molar-refractivity contribution in [2.45, 2.75) is 70.6 Å². The molecular formula is C14H25NO3. The van der Waals surface area contributed by atoms with E-state index in [4.69, 9.17) is 9.47 Å². The Morgan fingerprint density at radius 2 is 2.00 bits per heavy atom. The van der Waals surface area contributed by atoms with Crippen molar-refractivity contribution in [1.82, 2.24) is 4.90 Å². The van der Waals surface area contributed by atoms with Crippen LogP contribution >= 0.6 is 0 Å². The molecule has 2 aliphatic rings. The van der Waals surface area contributed by atoms with E-state index in [1.54, 1.807) is 0 Å². The molecule has 4 nitrogen and oxygen atoms in total. The highest BCUT2D eigenvalue weighted by Crippen LogP contribution is 2.28. The second-order valence-electron chi connectivity index (χ2n) is 6.29. The molecule has 0 spiro atoms. The van der Waals surface area contributed by atoms with E-state index >= 15 is 0 Å². The largest absolute Gasteiger partial charge is 0.444 e. The van der Waals surface area contributed by atoms with Gasteiger partial charge in [0.2, 0.25) is 0 Å². The Morgan fingerprint density at radius 1 is 1.22 bits per heavy atom. The predicted molar refractivity (Wildman–Crippen MR) is 69.6 cm³/mol. The zero-order chi connectivity index (χ0) is 13.2. The molecule has 0 N–H and O–H groups in total. The first-order valence-electron chi connectivity index (χ1n) is 7.08. The summed E-state index contributed by atoms with van der Waals surface area (Å²) in [4.78, 5) is 14.1. The Balaban J connectivity index is 2.00. The number of carbonyl (C=O) groups excluding carboxylic acids is 1. The van der Waals surface area contributed by atoms with E-state index in [9.17, 15) is 4.79 Å². The molecular weight excluding hydrogens is 230 g/mol. The second-order valence-corrected chi connectivity index (χ2v) is 6.29. The van der Waals surface area contributed by atoms with E-state index in [0.29, 0.717) is 0 Å².